The number of nitrogens with zero attached hydrogens (tertiary/aromatic N) is 2. The highest BCUT2D eigenvalue weighted by Gasteiger charge is 2.31. The number of amides is 1. The average Bonchev–Trinajstić information content (AvgIpc) is 2.80. The van der Waals surface area contributed by atoms with Gasteiger partial charge in [0.15, 0.2) is 18.1 Å². The summed E-state index contributed by atoms with van der Waals surface area (Å²) < 4.78 is 44.9. The zero-order valence-corrected chi connectivity index (χ0v) is 21.6. The lowest BCUT2D eigenvalue weighted by Crippen LogP contribution is -2.46. The second-order valence-corrected chi connectivity index (χ2v) is 8.17. The third kappa shape index (κ3) is 7.29. The smallest absolute Gasteiger partial charge is 0.405 e. The molecule has 0 aliphatic rings. The van der Waals surface area contributed by atoms with Crippen molar-refractivity contribution in [1.29, 1.82) is 0 Å². The Morgan fingerprint density at radius 2 is 1.71 bits per heavy atom. The summed E-state index contributed by atoms with van der Waals surface area (Å²) in [6.45, 7) is 1.27. The van der Waals surface area contributed by atoms with Crippen LogP contribution in [0, 0.1) is 11.6 Å². The van der Waals surface area contributed by atoms with Crippen molar-refractivity contribution in [2.24, 2.45) is 5.73 Å². The molecular weight excluding hydrogens is 588 g/mol. The molecule has 186 valence electrons. The van der Waals surface area contributed by atoms with Crippen LogP contribution in [0.4, 0.5) is 20.2 Å². The molecule has 0 radical (unpaired) electrons. The number of aromatic nitrogens is 2. The van der Waals surface area contributed by atoms with Crippen LogP contribution < -0.4 is 20.9 Å². The van der Waals surface area contributed by atoms with E-state index in [1.54, 1.807) is 0 Å². The highest BCUT2D eigenvalue weighted by Crippen LogP contribution is 2.22. The molecule has 0 saturated carbocycles. The van der Waals surface area contributed by atoms with Crippen molar-refractivity contribution >= 4 is 55.1 Å². The normalized spacial score (nSPS) is 10.8. The van der Waals surface area contributed by atoms with E-state index in [0.717, 1.165) is 6.07 Å². The van der Waals surface area contributed by atoms with Gasteiger partial charge in [-0.15, -0.1) is 0 Å². The van der Waals surface area contributed by atoms with Gasteiger partial charge in [0.1, 0.15) is 16.9 Å². The van der Waals surface area contributed by atoms with E-state index in [4.69, 9.17) is 19.9 Å². The summed E-state index contributed by atoms with van der Waals surface area (Å²) in [5.74, 6) is -2.73. The van der Waals surface area contributed by atoms with Crippen LogP contribution in [0.25, 0.3) is 0 Å². The number of rotatable bonds is 13. The second kappa shape index (κ2) is 13.5. The Labute approximate surface area is 211 Å². The fourth-order valence-electron chi connectivity index (χ4n) is 2.88. The number of primary amides is 1. The summed E-state index contributed by atoms with van der Waals surface area (Å²) in [4.78, 5) is 27.7. The predicted octanol–water partition coefficient (Wildman–Crippen LogP) is 2.24. The van der Waals surface area contributed by atoms with Gasteiger partial charge in [0.2, 0.25) is 5.82 Å². The molecule has 0 aromatic carbocycles. The molecule has 0 fully saturated rings. The molecule has 2 heterocycles. The van der Waals surface area contributed by atoms with Gasteiger partial charge in [0.25, 0.3) is 10.5 Å². The van der Waals surface area contributed by atoms with Gasteiger partial charge >= 0.3 is 11.7 Å². The summed E-state index contributed by atoms with van der Waals surface area (Å²) in [6.07, 6.45) is 0. The third-order valence-electron chi connectivity index (χ3n) is 4.42. The number of esters is 1. The van der Waals surface area contributed by atoms with E-state index < -0.39 is 23.5 Å². The number of nitrogens with one attached hydrogen (secondary N) is 2. The standard InChI is InChI=1S/C20H23Br2F2N5O5/c1-32-6-3-27-14-10-12(24)18(22)29(16(14)20(31)33-2)5-8-34-7-4-26-13-9-11(23)17(21)28-15(13)19(25)30/h9-10H,3-8H2,1-2H3,(H3-,25,26,27,30,31)/p+1. The first kappa shape index (κ1) is 27.8. The molecule has 10 nitrogen and oxygen atoms in total. The number of hydrogen-bond acceptors (Lipinski definition) is 8. The molecule has 34 heavy (non-hydrogen) atoms. The number of methoxy groups -OCH3 is 2. The number of nitrogens with two attached hydrogens (primary N) is 1. The van der Waals surface area contributed by atoms with E-state index in [1.807, 2.05) is 0 Å². The van der Waals surface area contributed by atoms with Crippen LogP contribution in [0.1, 0.15) is 21.0 Å². The van der Waals surface area contributed by atoms with Crippen molar-refractivity contribution in [2.45, 2.75) is 6.54 Å². The first-order chi connectivity index (χ1) is 16.2. The molecule has 0 spiro atoms. The molecule has 0 aliphatic carbocycles. The zero-order chi connectivity index (χ0) is 25.3. The van der Waals surface area contributed by atoms with Gasteiger partial charge in [-0.25, -0.2) is 14.2 Å². The van der Waals surface area contributed by atoms with E-state index in [2.05, 4.69) is 47.5 Å². The van der Waals surface area contributed by atoms with Crippen LogP contribution in [0.2, 0.25) is 0 Å². The lowest BCUT2D eigenvalue weighted by Gasteiger charge is -2.13. The molecular formula is C20H24Br2F2N5O5+. The highest BCUT2D eigenvalue weighted by atomic mass is 79.9. The van der Waals surface area contributed by atoms with Gasteiger partial charge in [0, 0.05) is 48.3 Å². The SMILES string of the molecule is COCCNc1cc(F)c(Br)[n+](CCOCCNc2cc(F)c(Br)nc2C(N)=O)c1C(=O)OC. The Morgan fingerprint density at radius 3 is 2.35 bits per heavy atom. The number of anilines is 2. The van der Waals surface area contributed by atoms with Crippen LogP contribution in [-0.4, -0.2) is 64.0 Å². The largest absolute Gasteiger partial charge is 0.461 e. The molecule has 2 aromatic heterocycles. The van der Waals surface area contributed by atoms with Crippen molar-refractivity contribution in [3.05, 3.63) is 44.4 Å². The molecule has 0 unspecified atom stereocenters. The molecule has 1 amide bonds. The molecule has 2 aromatic rings. The molecule has 2 rings (SSSR count). The molecule has 0 atom stereocenters. The van der Waals surface area contributed by atoms with Crippen molar-refractivity contribution in [3.63, 3.8) is 0 Å². The van der Waals surface area contributed by atoms with Crippen LogP contribution in [-0.2, 0) is 20.8 Å². The second-order valence-electron chi connectivity index (χ2n) is 6.67. The molecule has 0 saturated heterocycles. The summed E-state index contributed by atoms with van der Waals surface area (Å²) >= 11 is 6.07. The number of hydrogen-bond donors (Lipinski definition) is 3. The van der Waals surface area contributed by atoms with Gasteiger partial charge in [-0.2, -0.15) is 8.96 Å². The molecule has 4 N–H and O–H groups in total. The summed E-state index contributed by atoms with van der Waals surface area (Å²) in [5.41, 5.74) is 5.63. The monoisotopic (exact) mass is 610 g/mol. The van der Waals surface area contributed by atoms with Gasteiger partial charge in [0.05, 0.1) is 26.0 Å². The van der Waals surface area contributed by atoms with Gasteiger partial charge in [-0.1, -0.05) is 0 Å². The number of carbonyl (C=O) groups is 2. The van der Waals surface area contributed by atoms with Crippen molar-refractivity contribution in [2.75, 3.05) is 57.8 Å². The number of ether oxygens (including phenoxy) is 3. The lowest BCUT2D eigenvalue weighted by molar-refractivity contribution is -0.712. The minimum atomic E-state index is -0.818. The van der Waals surface area contributed by atoms with Gasteiger partial charge in [-0.3, -0.25) is 4.79 Å². The molecule has 0 aliphatic heterocycles. The lowest BCUT2D eigenvalue weighted by atomic mass is 10.2. The average molecular weight is 612 g/mol. The van der Waals surface area contributed by atoms with Crippen LogP contribution >= 0.6 is 31.9 Å². The minimum absolute atomic E-state index is 0.0504. The topological polar surface area (TPSA) is 129 Å². The van der Waals surface area contributed by atoms with Crippen LogP contribution in [0.15, 0.2) is 21.3 Å². The minimum Gasteiger partial charge on any atom is -0.461 e. The number of pyridine rings is 2. The molecule has 14 heteroatoms. The van der Waals surface area contributed by atoms with Crippen LogP contribution in [0.3, 0.4) is 0 Å². The summed E-state index contributed by atoms with van der Waals surface area (Å²) in [7, 11) is 2.75. The number of halogens is 4. The van der Waals surface area contributed by atoms with E-state index in [0.29, 0.717) is 13.2 Å². The van der Waals surface area contributed by atoms with Gasteiger partial charge < -0.3 is 30.6 Å². The quantitative estimate of drug-likeness (QED) is 0.136. The first-order valence-corrected chi connectivity index (χ1v) is 11.5. The Kier molecular flexibility index (Phi) is 11.0. The highest BCUT2D eigenvalue weighted by molar-refractivity contribution is 9.10. The fraction of sp³-hybridized carbons (Fsp3) is 0.400. The maximum absolute atomic E-state index is 14.5. The first-order valence-electron chi connectivity index (χ1n) is 9.91. The Bertz CT molecular complexity index is 1050. The van der Waals surface area contributed by atoms with Crippen molar-refractivity contribution in [1.82, 2.24) is 4.98 Å². The molecule has 0 bridgehead atoms. The maximum Gasteiger partial charge on any atom is 0.405 e. The predicted molar refractivity (Wildman–Crippen MR) is 126 cm³/mol. The maximum atomic E-state index is 14.5. The van der Waals surface area contributed by atoms with Crippen LogP contribution in [0.5, 0.6) is 0 Å². The van der Waals surface area contributed by atoms with E-state index in [-0.39, 0.29) is 58.3 Å². The van der Waals surface area contributed by atoms with E-state index in [9.17, 15) is 18.4 Å². The Hall–Kier alpha value is -2.42. The van der Waals surface area contributed by atoms with Crippen molar-refractivity contribution in [3.8, 4) is 0 Å². The fourth-order valence-corrected chi connectivity index (χ4v) is 3.64. The third-order valence-corrected chi connectivity index (χ3v) is 5.78. The Morgan fingerprint density at radius 1 is 1.06 bits per heavy atom. The number of carbonyl (C=O) groups excluding carboxylic acids is 2. The summed E-state index contributed by atoms with van der Waals surface area (Å²) in [5, 5.41) is 5.79. The van der Waals surface area contributed by atoms with Crippen molar-refractivity contribution < 1.29 is 37.1 Å². The van der Waals surface area contributed by atoms with E-state index >= 15 is 0 Å². The Balaban J connectivity index is 2.04. The van der Waals surface area contributed by atoms with E-state index in [1.165, 1.54) is 24.9 Å². The zero-order valence-electron chi connectivity index (χ0n) is 18.4. The summed E-state index contributed by atoms with van der Waals surface area (Å²) in [6, 6.07) is 2.28. The van der Waals surface area contributed by atoms with Gasteiger partial charge in [-0.05, 0) is 15.9 Å².